The van der Waals surface area contributed by atoms with Gasteiger partial charge in [0.15, 0.2) is 17.5 Å². The first kappa shape index (κ1) is 25.6. The fraction of sp³-hybridized carbons (Fsp3) is 0.391. The van der Waals surface area contributed by atoms with E-state index in [4.69, 9.17) is 14.6 Å². The third-order valence-corrected chi connectivity index (χ3v) is 5.67. The van der Waals surface area contributed by atoms with Crippen LogP contribution in [0.4, 0.5) is 26.5 Å². The lowest BCUT2D eigenvalue weighted by atomic mass is 10.0. The average molecular weight is 512 g/mol. The Morgan fingerprint density at radius 2 is 2.05 bits per heavy atom. The van der Waals surface area contributed by atoms with Crippen LogP contribution in [0.25, 0.3) is 5.69 Å². The van der Waals surface area contributed by atoms with Crippen LogP contribution in [-0.2, 0) is 4.74 Å². The predicted octanol–water partition coefficient (Wildman–Crippen LogP) is 2.68. The Bertz CT molecular complexity index is 1280. The summed E-state index contributed by atoms with van der Waals surface area (Å²) >= 11 is 0. The molecule has 3 aromatic rings. The number of pyridine rings is 2. The van der Waals surface area contributed by atoms with Crippen molar-refractivity contribution in [2.45, 2.75) is 31.8 Å². The average Bonchev–Trinajstić information content (AvgIpc) is 3.56. The lowest BCUT2D eigenvalue weighted by Gasteiger charge is -2.26. The summed E-state index contributed by atoms with van der Waals surface area (Å²) in [4.78, 5) is 21.1. The highest BCUT2D eigenvalue weighted by Gasteiger charge is 2.36. The molecule has 0 bridgehead atoms. The van der Waals surface area contributed by atoms with E-state index in [2.05, 4.69) is 36.1 Å². The number of carboxylic acid groups (broad SMARTS) is 1. The molecule has 1 fully saturated rings. The molecule has 4 rings (SSSR count). The second-order valence-corrected chi connectivity index (χ2v) is 8.41. The van der Waals surface area contributed by atoms with Crippen LogP contribution in [0.15, 0.2) is 30.7 Å². The van der Waals surface area contributed by atoms with Gasteiger partial charge in [0.2, 0.25) is 5.88 Å². The SMILES string of the molecule is COCCOc1ncc(Nc2nc(N[C@@H](C3CC3)[C@H](C)NC(=O)O)c(F)cc2C#N)cc1-n1nccn1. The van der Waals surface area contributed by atoms with Crippen LogP contribution in [0.3, 0.4) is 0 Å². The molecule has 194 valence electrons. The van der Waals surface area contributed by atoms with Crippen LogP contribution in [0.5, 0.6) is 5.88 Å². The van der Waals surface area contributed by atoms with Gasteiger partial charge in [-0.1, -0.05) is 0 Å². The highest BCUT2D eigenvalue weighted by atomic mass is 19.1. The van der Waals surface area contributed by atoms with Gasteiger partial charge in [-0.05, 0) is 37.8 Å². The molecule has 14 heteroatoms. The van der Waals surface area contributed by atoms with Crippen molar-refractivity contribution in [1.29, 1.82) is 5.26 Å². The topological polar surface area (TPSA) is 172 Å². The van der Waals surface area contributed by atoms with Gasteiger partial charge in [-0.2, -0.15) is 15.5 Å². The maximum absolute atomic E-state index is 14.9. The molecule has 1 amide bonds. The zero-order valence-electron chi connectivity index (χ0n) is 20.2. The number of amides is 1. The van der Waals surface area contributed by atoms with Crippen molar-refractivity contribution in [3.63, 3.8) is 0 Å². The molecular formula is C23H26FN9O4. The highest BCUT2D eigenvalue weighted by molar-refractivity contribution is 5.67. The number of carbonyl (C=O) groups is 1. The van der Waals surface area contributed by atoms with Gasteiger partial charge in [-0.25, -0.2) is 19.2 Å². The summed E-state index contributed by atoms with van der Waals surface area (Å²) in [6, 6.07) is 3.80. The minimum absolute atomic E-state index is 0.0260. The number of rotatable bonds is 12. The zero-order valence-corrected chi connectivity index (χ0v) is 20.2. The minimum atomic E-state index is -1.17. The number of anilines is 3. The summed E-state index contributed by atoms with van der Waals surface area (Å²) < 4.78 is 25.6. The predicted molar refractivity (Wildman–Crippen MR) is 129 cm³/mol. The number of nitrogens with one attached hydrogen (secondary N) is 3. The Kier molecular flexibility index (Phi) is 7.94. The molecule has 13 nitrogen and oxygen atoms in total. The Morgan fingerprint density at radius 1 is 1.30 bits per heavy atom. The number of ether oxygens (including phenoxy) is 2. The van der Waals surface area contributed by atoms with E-state index < -0.39 is 18.0 Å². The zero-order chi connectivity index (χ0) is 26.4. The Balaban J connectivity index is 1.62. The molecule has 0 aromatic carbocycles. The summed E-state index contributed by atoms with van der Waals surface area (Å²) in [5.74, 6) is -0.292. The number of hydrogen-bond donors (Lipinski definition) is 4. The molecule has 0 spiro atoms. The first-order valence-electron chi connectivity index (χ1n) is 11.5. The maximum Gasteiger partial charge on any atom is 0.404 e. The minimum Gasteiger partial charge on any atom is -0.474 e. The first-order chi connectivity index (χ1) is 17.9. The van der Waals surface area contributed by atoms with E-state index in [9.17, 15) is 14.4 Å². The molecule has 0 aliphatic heterocycles. The molecule has 2 atom stereocenters. The van der Waals surface area contributed by atoms with Gasteiger partial charge in [-0.3, -0.25) is 0 Å². The smallest absolute Gasteiger partial charge is 0.404 e. The van der Waals surface area contributed by atoms with Crippen LogP contribution < -0.4 is 20.7 Å². The molecule has 0 unspecified atom stereocenters. The molecular weight excluding hydrogens is 485 g/mol. The third-order valence-electron chi connectivity index (χ3n) is 5.67. The van der Waals surface area contributed by atoms with E-state index in [-0.39, 0.29) is 41.6 Å². The van der Waals surface area contributed by atoms with E-state index in [0.717, 1.165) is 18.9 Å². The monoisotopic (exact) mass is 511 g/mol. The van der Waals surface area contributed by atoms with Gasteiger partial charge in [0.05, 0.1) is 42.5 Å². The number of nitriles is 1. The van der Waals surface area contributed by atoms with E-state index in [0.29, 0.717) is 18.0 Å². The Hall–Kier alpha value is -4.51. The summed E-state index contributed by atoms with van der Waals surface area (Å²) in [7, 11) is 1.56. The van der Waals surface area contributed by atoms with E-state index >= 15 is 0 Å². The molecule has 1 saturated carbocycles. The Labute approximate surface area is 211 Å². The van der Waals surface area contributed by atoms with Crippen LogP contribution in [0, 0.1) is 23.1 Å². The standard InChI is InChI=1S/C23H26FN9O4/c1-13(29-23(34)35)19(14-3-4-14)31-21-17(24)9-15(11-25)20(32-21)30-16-10-18(33-27-5-6-28-33)22(26-12-16)37-8-7-36-2/h5-6,9-10,12-14,19,29H,3-4,7-8H2,1-2H3,(H,34,35)(H2,30,31,32)/t13-,19+/m0/s1. The normalized spacial score (nSPS) is 14.3. The van der Waals surface area contributed by atoms with Crippen molar-refractivity contribution in [2.75, 3.05) is 31.0 Å². The van der Waals surface area contributed by atoms with Gasteiger partial charge in [0.25, 0.3) is 0 Å². The van der Waals surface area contributed by atoms with Gasteiger partial charge in [-0.15, -0.1) is 4.80 Å². The number of aromatic nitrogens is 5. The van der Waals surface area contributed by atoms with Crippen molar-refractivity contribution in [2.24, 2.45) is 5.92 Å². The van der Waals surface area contributed by atoms with Crippen LogP contribution in [0.1, 0.15) is 25.3 Å². The van der Waals surface area contributed by atoms with Crippen LogP contribution in [0.2, 0.25) is 0 Å². The van der Waals surface area contributed by atoms with Gasteiger partial charge in [0, 0.05) is 13.2 Å². The summed E-state index contributed by atoms with van der Waals surface area (Å²) in [6.45, 7) is 2.32. The van der Waals surface area contributed by atoms with Crippen molar-refractivity contribution < 1.29 is 23.8 Å². The van der Waals surface area contributed by atoms with Crippen LogP contribution in [-0.4, -0.2) is 68.6 Å². The molecule has 1 aliphatic carbocycles. The molecule has 37 heavy (non-hydrogen) atoms. The van der Waals surface area contributed by atoms with Crippen molar-refractivity contribution in [3.05, 3.63) is 42.1 Å². The molecule has 4 N–H and O–H groups in total. The summed E-state index contributed by atoms with van der Waals surface area (Å²) in [6.07, 6.45) is 5.09. The number of halogens is 1. The molecule has 1 aliphatic rings. The maximum atomic E-state index is 14.9. The second kappa shape index (κ2) is 11.5. The summed E-state index contributed by atoms with van der Waals surface area (Å²) in [5.41, 5.74) is 0.821. The van der Waals surface area contributed by atoms with Crippen molar-refractivity contribution in [3.8, 4) is 17.6 Å². The van der Waals surface area contributed by atoms with Gasteiger partial charge >= 0.3 is 6.09 Å². The second-order valence-electron chi connectivity index (χ2n) is 8.41. The van der Waals surface area contributed by atoms with Crippen molar-refractivity contribution in [1.82, 2.24) is 30.3 Å². The highest BCUT2D eigenvalue weighted by Crippen LogP contribution is 2.36. The number of nitrogens with zero attached hydrogens (tertiary/aromatic N) is 6. The molecule has 0 saturated heterocycles. The fourth-order valence-electron chi connectivity index (χ4n) is 3.78. The molecule has 0 radical (unpaired) electrons. The number of methoxy groups -OCH3 is 1. The van der Waals surface area contributed by atoms with E-state index in [1.54, 1.807) is 20.1 Å². The van der Waals surface area contributed by atoms with Gasteiger partial charge < -0.3 is 30.5 Å². The van der Waals surface area contributed by atoms with Crippen molar-refractivity contribution >= 4 is 23.4 Å². The molecule has 3 heterocycles. The summed E-state index contributed by atoms with van der Waals surface area (Å²) in [5, 5.41) is 35.4. The quantitative estimate of drug-likeness (QED) is 0.263. The first-order valence-corrected chi connectivity index (χ1v) is 11.5. The Morgan fingerprint density at radius 3 is 2.70 bits per heavy atom. The lowest BCUT2D eigenvalue weighted by molar-refractivity contribution is 0.143. The molecule has 3 aromatic heterocycles. The number of hydrogen-bond acceptors (Lipinski definition) is 10. The largest absolute Gasteiger partial charge is 0.474 e. The van der Waals surface area contributed by atoms with Crippen LogP contribution >= 0.6 is 0 Å². The fourth-order valence-corrected chi connectivity index (χ4v) is 3.78. The van der Waals surface area contributed by atoms with E-state index in [1.165, 1.54) is 23.4 Å². The third kappa shape index (κ3) is 6.39. The lowest BCUT2D eigenvalue weighted by Crippen LogP contribution is -2.45. The van der Waals surface area contributed by atoms with Gasteiger partial charge in [0.1, 0.15) is 18.4 Å². The van der Waals surface area contributed by atoms with E-state index in [1.807, 2.05) is 6.07 Å².